The summed E-state index contributed by atoms with van der Waals surface area (Å²) < 4.78 is 37.4. The van der Waals surface area contributed by atoms with Gasteiger partial charge in [-0.05, 0) is 32.0 Å². The molecule has 7 heteroatoms. The number of hydrogen-bond donors (Lipinski definition) is 1. The van der Waals surface area contributed by atoms with Crippen LogP contribution in [0, 0.1) is 0 Å². The summed E-state index contributed by atoms with van der Waals surface area (Å²) in [5.74, 6) is 0.301. The van der Waals surface area contributed by atoms with E-state index in [-0.39, 0.29) is 6.04 Å². The zero-order valence-corrected chi connectivity index (χ0v) is 10.0. The summed E-state index contributed by atoms with van der Waals surface area (Å²) in [5.41, 5.74) is 0.712. The van der Waals surface area contributed by atoms with Gasteiger partial charge in [0.15, 0.2) is 5.82 Å². The Hall–Kier alpha value is -1.37. The second kappa shape index (κ2) is 5.09. The number of anilines is 1. The Morgan fingerprint density at radius 3 is 2.50 bits per heavy atom. The molecule has 1 aliphatic carbocycles. The molecule has 1 aliphatic rings. The van der Waals surface area contributed by atoms with Crippen molar-refractivity contribution in [3.05, 3.63) is 17.8 Å². The molecule has 0 saturated heterocycles. The lowest BCUT2D eigenvalue weighted by Crippen LogP contribution is -2.36. The third-order valence-corrected chi connectivity index (χ3v) is 2.70. The van der Waals surface area contributed by atoms with E-state index in [9.17, 15) is 13.2 Å². The van der Waals surface area contributed by atoms with Crippen LogP contribution < -0.4 is 10.2 Å². The van der Waals surface area contributed by atoms with Crippen molar-refractivity contribution in [1.82, 2.24) is 15.5 Å². The van der Waals surface area contributed by atoms with Crippen LogP contribution in [0.1, 0.15) is 18.5 Å². The third-order valence-electron chi connectivity index (χ3n) is 2.70. The molecule has 1 aromatic rings. The molecule has 100 valence electrons. The minimum absolute atomic E-state index is 0.0453. The van der Waals surface area contributed by atoms with Crippen LogP contribution in [-0.4, -0.2) is 36.0 Å². The Balaban J connectivity index is 2.10. The normalized spacial score (nSPS) is 15.8. The van der Waals surface area contributed by atoms with Crippen LogP contribution in [0.4, 0.5) is 19.0 Å². The molecule has 1 N–H and O–H groups in total. The number of alkyl halides is 3. The number of nitrogens with one attached hydrogen (secondary N) is 1. The summed E-state index contributed by atoms with van der Waals surface area (Å²) in [5, 5.41) is 10.7. The SMILES string of the molecule is CNCc1ccc(N(CC(F)(F)F)C2CC2)nn1. The highest BCUT2D eigenvalue weighted by Gasteiger charge is 2.38. The standard InChI is InChI=1S/C11H15F3N4/c1-15-6-8-2-5-10(17-16-8)18(9-3-4-9)7-11(12,13)14/h2,5,9,15H,3-4,6-7H2,1H3. The predicted octanol–water partition coefficient (Wildman–Crippen LogP) is 1.73. The molecular formula is C11H15F3N4. The van der Waals surface area contributed by atoms with Gasteiger partial charge in [-0.1, -0.05) is 0 Å². The highest BCUT2D eigenvalue weighted by molar-refractivity contribution is 5.40. The number of rotatable bonds is 5. The van der Waals surface area contributed by atoms with Crippen LogP contribution in [0.25, 0.3) is 0 Å². The van der Waals surface area contributed by atoms with Crippen molar-refractivity contribution in [2.45, 2.75) is 31.6 Å². The van der Waals surface area contributed by atoms with E-state index >= 15 is 0 Å². The number of aromatic nitrogens is 2. The van der Waals surface area contributed by atoms with Crippen LogP contribution in [0.5, 0.6) is 0 Å². The largest absolute Gasteiger partial charge is 0.405 e. The lowest BCUT2D eigenvalue weighted by molar-refractivity contribution is -0.120. The molecular weight excluding hydrogens is 245 g/mol. The Morgan fingerprint density at radius 1 is 1.33 bits per heavy atom. The van der Waals surface area contributed by atoms with Crippen molar-refractivity contribution in [2.75, 3.05) is 18.5 Å². The highest BCUT2D eigenvalue weighted by atomic mass is 19.4. The summed E-state index contributed by atoms with van der Waals surface area (Å²) >= 11 is 0. The van der Waals surface area contributed by atoms with Crippen LogP contribution in [0.2, 0.25) is 0 Å². The maximum Gasteiger partial charge on any atom is 0.405 e. The molecule has 1 aromatic heterocycles. The Labute approximate surface area is 103 Å². The molecule has 0 aliphatic heterocycles. The minimum atomic E-state index is -4.21. The zero-order chi connectivity index (χ0) is 13.2. The maximum absolute atomic E-state index is 12.5. The molecule has 0 aromatic carbocycles. The first kappa shape index (κ1) is 13.1. The Bertz CT molecular complexity index is 386. The predicted molar refractivity (Wildman–Crippen MR) is 61.2 cm³/mol. The van der Waals surface area contributed by atoms with Crippen molar-refractivity contribution in [1.29, 1.82) is 0 Å². The van der Waals surface area contributed by atoms with E-state index in [1.807, 2.05) is 0 Å². The molecule has 0 radical (unpaired) electrons. The summed E-state index contributed by atoms with van der Waals surface area (Å²) in [6, 6.07) is 3.25. The molecule has 0 atom stereocenters. The number of hydrogen-bond acceptors (Lipinski definition) is 4. The van der Waals surface area contributed by atoms with Gasteiger partial charge in [0.2, 0.25) is 0 Å². The molecule has 1 fully saturated rings. The number of halogens is 3. The van der Waals surface area contributed by atoms with Crippen LogP contribution in [0.15, 0.2) is 12.1 Å². The van der Waals surface area contributed by atoms with E-state index in [0.717, 1.165) is 12.8 Å². The van der Waals surface area contributed by atoms with E-state index in [1.165, 1.54) is 4.90 Å². The van der Waals surface area contributed by atoms with Gasteiger partial charge in [-0.15, -0.1) is 5.10 Å². The molecule has 4 nitrogen and oxygen atoms in total. The first-order chi connectivity index (χ1) is 8.49. The third kappa shape index (κ3) is 3.56. The van der Waals surface area contributed by atoms with Crippen LogP contribution in [0.3, 0.4) is 0 Å². The van der Waals surface area contributed by atoms with E-state index in [4.69, 9.17) is 0 Å². The molecule has 2 rings (SSSR count). The topological polar surface area (TPSA) is 41.0 Å². The van der Waals surface area contributed by atoms with Gasteiger partial charge >= 0.3 is 6.18 Å². The monoisotopic (exact) mass is 260 g/mol. The first-order valence-electron chi connectivity index (χ1n) is 5.80. The van der Waals surface area contributed by atoms with Gasteiger partial charge in [0, 0.05) is 12.6 Å². The number of nitrogens with zero attached hydrogens (tertiary/aromatic N) is 3. The minimum Gasteiger partial charge on any atom is -0.343 e. The molecule has 0 bridgehead atoms. The lowest BCUT2D eigenvalue weighted by Gasteiger charge is -2.24. The summed E-state index contributed by atoms with van der Waals surface area (Å²) in [6.45, 7) is -0.409. The fourth-order valence-corrected chi connectivity index (χ4v) is 1.76. The van der Waals surface area contributed by atoms with Crippen molar-refractivity contribution < 1.29 is 13.2 Å². The van der Waals surface area contributed by atoms with Crippen molar-refractivity contribution in [2.24, 2.45) is 0 Å². The highest BCUT2D eigenvalue weighted by Crippen LogP contribution is 2.33. The van der Waals surface area contributed by atoms with Gasteiger partial charge in [-0.25, -0.2) is 0 Å². The summed E-state index contributed by atoms with van der Waals surface area (Å²) in [7, 11) is 1.77. The van der Waals surface area contributed by atoms with Gasteiger partial charge < -0.3 is 10.2 Å². The van der Waals surface area contributed by atoms with Gasteiger partial charge in [0.1, 0.15) is 6.54 Å². The van der Waals surface area contributed by atoms with E-state index < -0.39 is 12.7 Å². The van der Waals surface area contributed by atoms with Crippen molar-refractivity contribution in [3.8, 4) is 0 Å². The average Bonchev–Trinajstić information content (AvgIpc) is 3.10. The second-order valence-corrected chi connectivity index (χ2v) is 4.39. The maximum atomic E-state index is 12.5. The van der Waals surface area contributed by atoms with Crippen LogP contribution in [-0.2, 0) is 6.54 Å². The zero-order valence-electron chi connectivity index (χ0n) is 10.0. The fourth-order valence-electron chi connectivity index (χ4n) is 1.76. The summed E-state index contributed by atoms with van der Waals surface area (Å²) in [4.78, 5) is 1.29. The molecule has 0 spiro atoms. The van der Waals surface area contributed by atoms with Gasteiger partial charge in [0.05, 0.1) is 5.69 Å². The molecule has 1 saturated carbocycles. The Kier molecular flexibility index (Phi) is 3.70. The van der Waals surface area contributed by atoms with E-state index in [0.29, 0.717) is 18.1 Å². The lowest BCUT2D eigenvalue weighted by atomic mass is 10.3. The summed E-state index contributed by atoms with van der Waals surface area (Å²) in [6.07, 6.45) is -2.64. The molecule has 0 amide bonds. The molecule has 0 unspecified atom stereocenters. The quantitative estimate of drug-likeness (QED) is 0.875. The smallest absolute Gasteiger partial charge is 0.343 e. The van der Waals surface area contributed by atoms with Crippen LogP contribution >= 0.6 is 0 Å². The van der Waals surface area contributed by atoms with Crippen molar-refractivity contribution in [3.63, 3.8) is 0 Å². The molecule has 1 heterocycles. The van der Waals surface area contributed by atoms with E-state index in [2.05, 4.69) is 15.5 Å². The Morgan fingerprint density at radius 2 is 2.06 bits per heavy atom. The van der Waals surface area contributed by atoms with Gasteiger partial charge in [-0.3, -0.25) is 0 Å². The van der Waals surface area contributed by atoms with E-state index in [1.54, 1.807) is 19.2 Å². The second-order valence-electron chi connectivity index (χ2n) is 4.39. The first-order valence-corrected chi connectivity index (χ1v) is 5.80. The van der Waals surface area contributed by atoms with Gasteiger partial charge in [-0.2, -0.15) is 18.3 Å². The van der Waals surface area contributed by atoms with Gasteiger partial charge in [0.25, 0.3) is 0 Å². The molecule has 18 heavy (non-hydrogen) atoms. The van der Waals surface area contributed by atoms with Crippen molar-refractivity contribution >= 4 is 5.82 Å². The average molecular weight is 260 g/mol. The fraction of sp³-hybridized carbons (Fsp3) is 0.636.